The molecule has 122 valence electrons. The molecule has 2 aromatic carbocycles. The van der Waals surface area contributed by atoms with E-state index in [4.69, 9.17) is 34.8 Å². The fraction of sp³-hybridized carbons (Fsp3) is 0. The number of benzene rings is 2. The first-order valence-electron chi connectivity index (χ1n) is 6.66. The second kappa shape index (κ2) is 7.07. The topological polar surface area (TPSA) is 61.7 Å². The molecule has 0 unspecified atom stereocenters. The molecule has 3 rings (SSSR count). The number of aliphatic imine (C=N–C) groups is 1. The number of hydrogen-bond acceptors (Lipinski definition) is 4. The maximum absolute atomic E-state index is 12.1. The number of carbonyl (C=O) groups excluding carboxylic acids is 1. The van der Waals surface area contributed by atoms with Crippen LogP contribution in [-0.4, -0.2) is 16.2 Å². The molecule has 0 atom stereocenters. The number of amidine groups is 1. The molecule has 1 amide bonds. The lowest BCUT2D eigenvalue weighted by molar-refractivity contribution is -0.115. The van der Waals surface area contributed by atoms with Crippen molar-refractivity contribution in [3.05, 3.63) is 61.9 Å². The molecule has 1 fully saturated rings. The Labute approximate surface area is 157 Å². The van der Waals surface area contributed by atoms with Crippen LogP contribution in [-0.2, 0) is 4.79 Å². The third-order valence-corrected chi connectivity index (χ3v) is 5.10. The molecule has 1 saturated heterocycles. The van der Waals surface area contributed by atoms with Crippen LogP contribution in [0.1, 0.15) is 5.56 Å². The van der Waals surface area contributed by atoms with Gasteiger partial charge in [-0.05, 0) is 47.7 Å². The molecule has 4 nitrogen and oxygen atoms in total. The van der Waals surface area contributed by atoms with Crippen LogP contribution in [0.2, 0.25) is 15.1 Å². The Morgan fingerprint density at radius 3 is 2.67 bits per heavy atom. The lowest BCUT2D eigenvalue weighted by Gasteiger charge is -2.01. The highest BCUT2D eigenvalue weighted by atomic mass is 35.5. The predicted molar refractivity (Wildman–Crippen MR) is 100 cm³/mol. The highest BCUT2D eigenvalue weighted by Gasteiger charge is 2.24. The Balaban J connectivity index is 1.88. The number of amides is 1. The number of phenolic OH excluding ortho intramolecular Hbond substituents is 1. The fourth-order valence-electron chi connectivity index (χ4n) is 1.93. The predicted octanol–water partition coefficient (Wildman–Crippen LogP) is 5.24. The fourth-order valence-corrected chi connectivity index (χ4v) is 3.29. The van der Waals surface area contributed by atoms with Gasteiger partial charge in [-0.15, -0.1) is 0 Å². The van der Waals surface area contributed by atoms with Gasteiger partial charge in [0.25, 0.3) is 5.91 Å². The van der Waals surface area contributed by atoms with Crippen LogP contribution in [0, 0.1) is 0 Å². The van der Waals surface area contributed by atoms with Crippen LogP contribution in [0.25, 0.3) is 6.08 Å². The van der Waals surface area contributed by atoms with E-state index < -0.39 is 0 Å². The molecule has 1 aliphatic rings. The first-order valence-corrected chi connectivity index (χ1v) is 8.61. The number of halogens is 3. The number of carbonyl (C=O) groups is 1. The van der Waals surface area contributed by atoms with Gasteiger partial charge in [0.05, 0.1) is 25.7 Å². The quantitative estimate of drug-likeness (QED) is 0.678. The van der Waals surface area contributed by atoms with E-state index in [0.29, 0.717) is 31.4 Å². The summed E-state index contributed by atoms with van der Waals surface area (Å²) in [6.07, 6.45) is 1.66. The molecule has 2 N–H and O–H groups in total. The lowest BCUT2D eigenvalue weighted by atomic mass is 10.2. The Hall–Kier alpha value is -1.66. The van der Waals surface area contributed by atoms with Gasteiger partial charge in [-0.3, -0.25) is 4.79 Å². The number of phenols is 1. The smallest absolute Gasteiger partial charge is 0.264 e. The average Bonchev–Trinajstić information content (AvgIpc) is 2.87. The van der Waals surface area contributed by atoms with Gasteiger partial charge in [-0.2, -0.15) is 0 Å². The molecule has 0 radical (unpaired) electrons. The second-order valence-corrected chi connectivity index (χ2v) is 6.99. The van der Waals surface area contributed by atoms with Crippen molar-refractivity contribution in [3.63, 3.8) is 0 Å². The summed E-state index contributed by atoms with van der Waals surface area (Å²) in [6, 6.07) is 9.78. The van der Waals surface area contributed by atoms with Crippen molar-refractivity contribution in [2.75, 3.05) is 0 Å². The number of hydrogen-bond donors (Lipinski definition) is 2. The summed E-state index contributed by atoms with van der Waals surface area (Å²) >= 11 is 19.1. The van der Waals surface area contributed by atoms with E-state index >= 15 is 0 Å². The average molecular weight is 400 g/mol. The molecule has 0 bridgehead atoms. The largest absolute Gasteiger partial charge is 0.506 e. The molecule has 0 saturated carbocycles. The maximum Gasteiger partial charge on any atom is 0.264 e. The highest BCUT2D eigenvalue weighted by Crippen LogP contribution is 2.35. The Morgan fingerprint density at radius 2 is 1.92 bits per heavy atom. The van der Waals surface area contributed by atoms with Crippen LogP contribution in [0.3, 0.4) is 0 Å². The summed E-state index contributed by atoms with van der Waals surface area (Å²) in [5.74, 6) is -0.290. The van der Waals surface area contributed by atoms with Gasteiger partial charge >= 0.3 is 0 Å². The van der Waals surface area contributed by atoms with Gasteiger partial charge < -0.3 is 10.4 Å². The minimum atomic E-state index is -0.277. The first-order chi connectivity index (χ1) is 11.4. The molecular formula is C16H9Cl3N2O2S. The van der Waals surface area contributed by atoms with Gasteiger partial charge in [0.15, 0.2) is 5.17 Å². The van der Waals surface area contributed by atoms with Crippen LogP contribution in [0.4, 0.5) is 5.69 Å². The minimum absolute atomic E-state index is 0.0137. The van der Waals surface area contributed by atoms with E-state index in [1.807, 2.05) is 0 Å². The first kappa shape index (κ1) is 17.2. The normalized spacial score (nSPS) is 17.5. The zero-order valence-corrected chi connectivity index (χ0v) is 15.0. The van der Waals surface area contributed by atoms with Gasteiger partial charge in [0.2, 0.25) is 0 Å². The monoisotopic (exact) mass is 398 g/mol. The van der Waals surface area contributed by atoms with E-state index in [1.54, 1.807) is 36.4 Å². The zero-order chi connectivity index (χ0) is 17.3. The summed E-state index contributed by atoms with van der Waals surface area (Å²) in [5, 5.41) is 13.4. The highest BCUT2D eigenvalue weighted by molar-refractivity contribution is 8.18. The Kier molecular flexibility index (Phi) is 5.06. The molecule has 0 aliphatic carbocycles. The molecule has 0 spiro atoms. The third-order valence-electron chi connectivity index (χ3n) is 3.07. The van der Waals surface area contributed by atoms with Crippen molar-refractivity contribution in [1.29, 1.82) is 0 Å². The molecule has 0 aromatic heterocycles. The van der Waals surface area contributed by atoms with Crippen molar-refractivity contribution < 1.29 is 9.90 Å². The van der Waals surface area contributed by atoms with E-state index in [0.717, 1.165) is 0 Å². The van der Waals surface area contributed by atoms with Crippen LogP contribution in [0.15, 0.2) is 46.3 Å². The summed E-state index contributed by atoms with van der Waals surface area (Å²) in [7, 11) is 0. The van der Waals surface area contributed by atoms with Crippen LogP contribution in [0.5, 0.6) is 5.75 Å². The third kappa shape index (κ3) is 3.70. The minimum Gasteiger partial charge on any atom is -0.506 e. The summed E-state index contributed by atoms with van der Waals surface area (Å²) in [5.41, 5.74) is 1.17. The summed E-state index contributed by atoms with van der Waals surface area (Å²) in [4.78, 5) is 16.8. The van der Waals surface area contributed by atoms with E-state index in [1.165, 1.54) is 17.8 Å². The standard InChI is InChI=1S/C16H9Cl3N2O2S/c17-9-2-1-3-11(14(9)19)20-16-21-15(23)13(24-16)7-8-4-5-12(22)10(18)6-8/h1-7,22H,(H,20,21,23)/b13-7-. The lowest BCUT2D eigenvalue weighted by Crippen LogP contribution is -2.19. The van der Waals surface area contributed by atoms with Gasteiger partial charge in [0, 0.05) is 0 Å². The summed E-state index contributed by atoms with van der Waals surface area (Å²) in [6.45, 7) is 0. The SMILES string of the molecule is O=C1NC(=Nc2cccc(Cl)c2Cl)S/C1=C\c1ccc(O)c(Cl)c1. The molecule has 2 aromatic rings. The molecule has 24 heavy (non-hydrogen) atoms. The van der Waals surface area contributed by atoms with Crippen molar-refractivity contribution >= 4 is 69.4 Å². The van der Waals surface area contributed by atoms with Crippen LogP contribution < -0.4 is 5.32 Å². The summed E-state index contributed by atoms with van der Waals surface area (Å²) < 4.78 is 0. The number of nitrogens with zero attached hydrogens (tertiary/aromatic N) is 1. The van der Waals surface area contributed by atoms with Crippen molar-refractivity contribution in [2.24, 2.45) is 4.99 Å². The second-order valence-electron chi connectivity index (χ2n) is 4.77. The maximum atomic E-state index is 12.1. The van der Waals surface area contributed by atoms with Gasteiger partial charge in [-0.1, -0.05) is 46.9 Å². The van der Waals surface area contributed by atoms with Crippen LogP contribution >= 0.6 is 46.6 Å². The van der Waals surface area contributed by atoms with E-state index in [2.05, 4.69) is 10.3 Å². The van der Waals surface area contributed by atoms with E-state index in [9.17, 15) is 9.90 Å². The Morgan fingerprint density at radius 1 is 1.12 bits per heavy atom. The molecule has 1 heterocycles. The van der Waals surface area contributed by atoms with Crippen molar-refractivity contribution in [1.82, 2.24) is 5.32 Å². The zero-order valence-electron chi connectivity index (χ0n) is 11.9. The van der Waals surface area contributed by atoms with E-state index in [-0.39, 0.29) is 16.7 Å². The molecular weight excluding hydrogens is 391 g/mol. The van der Waals surface area contributed by atoms with Crippen molar-refractivity contribution in [3.8, 4) is 5.75 Å². The van der Waals surface area contributed by atoms with Gasteiger partial charge in [0.1, 0.15) is 5.75 Å². The number of thioether (sulfide) groups is 1. The van der Waals surface area contributed by atoms with Crippen molar-refractivity contribution in [2.45, 2.75) is 0 Å². The molecule has 8 heteroatoms. The number of aromatic hydroxyl groups is 1. The number of nitrogens with one attached hydrogen (secondary N) is 1. The Bertz CT molecular complexity index is 897. The number of rotatable bonds is 2. The van der Waals surface area contributed by atoms with Gasteiger partial charge in [-0.25, -0.2) is 4.99 Å². The molecule has 1 aliphatic heterocycles.